The molecule has 1 aromatic carbocycles. The van der Waals surface area contributed by atoms with Crippen LogP contribution >= 0.6 is 12.2 Å². The quantitative estimate of drug-likeness (QED) is 0.636. The number of anilines is 1. The van der Waals surface area contributed by atoms with E-state index < -0.39 is 0 Å². The van der Waals surface area contributed by atoms with Gasteiger partial charge in [0, 0.05) is 31.7 Å². The van der Waals surface area contributed by atoms with Crippen LogP contribution in [0.3, 0.4) is 0 Å². The van der Waals surface area contributed by atoms with E-state index in [0.29, 0.717) is 12.5 Å². The molecule has 0 aliphatic carbocycles. The monoisotopic (exact) mass is 388 g/mol. The Morgan fingerprint density at radius 2 is 1.81 bits per heavy atom. The molecule has 1 N–H and O–H groups in total. The van der Waals surface area contributed by atoms with Gasteiger partial charge in [-0.2, -0.15) is 0 Å². The van der Waals surface area contributed by atoms with E-state index in [4.69, 9.17) is 16.7 Å². The molecule has 0 radical (unpaired) electrons. The summed E-state index contributed by atoms with van der Waals surface area (Å²) in [5.41, 5.74) is 3.05. The van der Waals surface area contributed by atoms with Gasteiger partial charge >= 0.3 is 0 Å². The van der Waals surface area contributed by atoms with Crippen molar-refractivity contribution in [2.75, 3.05) is 31.1 Å². The van der Waals surface area contributed by atoms with Crippen LogP contribution in [0.5, 0.6) is 0 Å². The Bertz CT molecular complexity index is 710. The van der Waals surface area contributed by atoms with Crippen LogP contribution < -0.4 is 10.2 Å². The lowest BCUT2D eigenvalue weighted by molar-refractivity contribution is 0.353. The molecule has 2 aromatic rings. The molecule has 27 heavy (non-hydrogen) atoms. The Morgan fingerprint density at radius 1 is 1.15 bits per heavy atom. The van der Waals surface area contributed by atoms with Gasteiger partial charge in [0.2, 0.25) is 5.88 Å². The third kappa shape index (κ3) is 5.45. The van der Waals surface area contributed by atoms with Crippen molar-refractivity contribution in [2.45, 2.75) is 41.2 Å². The summed E-state index contributed by atoms with van der Waals surface area (Å²) in [6.07, 6.45) is 0. The number of nitrogens with zero attached hydrogens (tertiary/aromatic N) is 3. The fraction of sp³-hybridized carbons (Fsp3) is 0.524. The van der Waals surface area contributed by atoms with Crippen LogP contribution in [-0.2, 0) is 6.54 Å². The van der Waals surface area contributed by atoms with Gasteiger partial charge in [0.1, 0.15) is 5.69 Å². The number of thiocarbonyl (C=S) groups is 1. The first kappa shape index (κ1) is 21.2. The number of rotatable bonds is 9. The normalized spacial score (nSPS) is 10.9. The summed E-state index contributed by atoms with van der Waals surface area (Å²) >= 11 is 5.64. The molecule has 0 saturated carbocycles. The highest BCUT2D eigenvalue weighted by atomic mass is 32.1. The van der Waals surface area contributed by atoms with Crippen LogP contribution in [0.1, 0.15) is 40.2 Å². The fourth-order valence-corrected chi connectivity index (χ4v) is 3.42. The van der Waals surface area contributed by atoms with Crippen molar-refractivity contribution in [3.8, 4) is 11.3 Å². The molecule has 6 heteroatoms. The van der Waals surface area contributed by atoms with Crippen molar-refractivity contribution in [1.29, 1.82) is 0 Å². The lowest BCUT2D eigenvalue weighted by Gasteiger charge is -2.28. The molecule has 0 amide bonds. The van der Waals surface area contributed by atoms with Crippen molar-refractivity contribution >= 4 is 23.2 Å². The van der Waals surface area contributed by atoms with Gasteiger partial charge in [-0.1, -0.05) is 49.3 Å². The summed E-state index contributed by atoms with van der Waals surface area (Å²) in [5.74, 6) is 1.34. The van der Waals surface area contributed by atoms with Crippen molar-refractivity contribution in [2.24, 2.45) is 5.92 Å². The Labute approximate surface area is 168 Å². The van der Waals surface area contributed by atoms with Gasteiger partial charge in [-0.25, -0.2) is 0 Å². The van der Waals surface area contributed by atoms with Crippen molar-refractivity contribution in [3.05, 3.63) is 35.9 Å². The maximum absolute atomic E-state index is 5.83. The molecule has 0 saturated heterocycles. The predicted molar refractivity (Wildman–Crippen MR) is 117 cm³/mol. The molecule has 1 aromatic heterocycles. The lowest BCUT2D eigenvalue weighted by Crippen LogP contribution is -2.41. The van der Waals surface area contributed by atoms with Crippen LogP contribution in [0.2, 0.25) is 0 Å². The van der Waals surface area contributed by atoms with E-state index in [2.05, 4.69) is 67.0 Å². The minimum absolute atomic E-state index is 0.499. The molecule has 148 valence electrons. The smallest absolute Gasteiger partial charge is 0.232 e. The average Bonchev–Trinajstić information content (AvgIpc) is 3.06. The molecule has 0 unspecified atom stereocenters. The summed E-state index contributed by atoms with van der Waals surface area (Å²) in [5, 5.41) is 8.50. The van der Waals surface area contributed by atoms with Gasteiger partial charge in [-0.05, 0) is 38.9 Å². The van der Waals surface area contributed by atoms with Crippen LogP contribution in [0, 0.1) is 5.92 Å². The average molecular weight is 389 g/mol. The summed E-state index contributed by atoms with van der Waals surface area (Å²) in [6, 6.07) is 10.2. The molecule has 1 heterocycles. The second-order valence-electron chi connectivity index (χ2n) is 6.96. The summed E-state index contributed by atoms with van der Waals surface area (Å²) in [7, 11) is 0. The standard InChI is InChI=1S/C21H32N4OS/c1-6-22-21(27)25(14-16(4)5)15-18-19(17-12-10-9-11-13-17)23-26-20(18)24(7-2)8-3/h9-13,16H,6-8,14-15H2,1-5H3,(H,22,27). The molecular weight excluding hydrogens is 356 g/mol. The first-order valence-electron chi connectivity index (χ1n) is 9.83. The zero-order chi connectivity index (χ0) is 19.8. The largest absolute Gasteiger partial charge is 0.363 e. The minimum Gasteiger partial charge on any atom is -0.363 e. The SMILES string of the molecule is CCNC(=S)N(Cc1c(-c2ccccc2)noc1N(CC)CC)CC(C)C. The van der Waals surface area contributed by atoms with Crippen LogP contribution in [0.4, 0.5) is 5.88 Å². The molecule has 0 bridgehead atoms. The van der Waals surface area contributed by atoms with Crippen molar-refractivity contribution < 1.29 is 4.52 Å². The Kier molecular flexibility index (Phi) is 8.10. The van der Waals surface area contributed by atoms with E-state index in [1.807, 2.05) is 18.2 Å². The van der Waals surface area contributed by atoms with E-state index in [1.54, 1.807) is 0 Å². The van der Waals surface area contributed by atoms with E-state index in [0.717, 1.165) is 54.0 Å². The lowest BCUT2D eigenvalue weighted by atomic mass is 10.1. The molecule has 0 spiro atoms. The van der Waals surface area contributed by atoms with E-state index in [9.17, 15) is 0 Å². The molecule has 0 aliphatic rings. The first-order valence-corrected chi connectivity index (χ1v) is 10.2. The molecule has 5 nitrogen and oxygen atoms in total. The molecule has 0 aliphatic heterocycles. The van der Waals surface area contributed by atoms with Crippen molar-refractivity contribution in [3.63, 3.8) is 0 Å². The molecule has 0 atom stereocenters. The highest BCUT2D eigenvalue weighted by Gasteiger charge is 2.24. The van der Waals surface area contributed by atoms with Gasteiger partial charge in [0.25, 0.3) is 0 Å². The van der Waals surface area contributed by atoms with E-state index in [1.165, 1.54) is 0 Å². The van der Waals surface area contributed by atoms with Gasteiger partial charge < -0.3 is 19.6 Å². The van der Waals surface area contributed by atoms with Gasteiger partial charge in [-0.15, -0.1) is 0 Å². The number of benzene rings is 1. The third-order valence-electron chi connectivity index (χ3n) is 4.42. The van der Waals surface area contributed by atoms with Gasteiger partial charge in [0.15, 0.2) is 5.11 Å². The Morgan fingerprint density at radius 3 is 2.37 bits per heavy atom. The summed E-state index contributed by atoms with van der Waals surface area (Å²) in [6.45, 7) is 14.8. The zero-order valence-electron chi connectivity index (χ0n) is 17.2. The number of hydrogen-bond acceptors (Lipinski definition) is 4. The second kappa shape index (κ2) is 10.3. The highest BCUT2D eigenvalue weighted by molar-refractivity contribution is 7.80. The second-order valence-corrected chi connectivity index (χ2v) is 7.35. The Balaban J connectivity index is 2.46. The molecule has 0 fully saturated rings. The topological polar surface area (TPSA) is 44.5 Å². The predicted octanol–water partition coefficient (Wildman–Crippen LogP) is 4.54. The van der Waals surface area contributed by atoms with Gasteiger partial charge in [-0.3, -0.25) is 0 Å². The maximum atomic E-state index is 5.83. The maximum Gasteiger partial charge on any atom is 0.232 e. The highest BCUT2D eigenvalue weighted by Crippen LogP contribution is 2.32. The van der Waals surface area contributed by atoms with Crippen molar-refractivity contribution in [1.82, 2.24) is 15.4 Å². The van der Waals surface area contributed by atoms with Crippen LogP contribution in [0.25, 0.3) is 11.3 Å². The third-order valence-corrected chi connectivity index (χ3v) is 4.82. The van der Waals surface area contributed by atoms with Crippen LogP contribution in [0.15, 0.2) is 34.9 Å². The summed E-state index contributed by atoms with van der Waals surface area (Å²) in [4.78, 5) is 4.42. The number of hydrogen-bond donors (Lipinski definition) is 1. The van der Waals surface area contributed by atoms with Crippen LogP contribution in [-0.4, -0.2) is 41.3 Å². The van der Waals surface area contributed by atoms with E-state index >= 15 is 0 Å². The number of aromatic nitrogens is 1. The Hall–Kier alpha value is -2.08. The zero-order valence-corrected chi connectivity index (χ0v) is 18.0. The van der Waals surface area contributed by atoms with Gasteiger partial charge in [0.05, 0.1) is 12.1 Å². The summed E-state index contributed by atoms with van der Waals surface area (Å²) < 4.78 is 5.83. The molecule has 2 rings (SSSR count). The number of nitrogens with one attached hydrogen (secondary N) is 1. The first-order chi connectivity index (χ1) is 13.0. The van der Waals surface area contributed by atoms with E-state index in [-0.39, 0.29) is 0 Å². The molecular formula is C21H32N4OS. The fourth-order valence-electron chi connectivity index (χ4n) is 3.14. The minimum atomic E-state index is 0.499.